The Bertz CT molecular complexity index is 338. The fourth-order valence-corrected chi connectivity index (χ4v) is 2.20. The van der Waals surface area contributed by atoms with Crippen molar-refractivity contribution < 1.29 is 10.7 Å². The summed E-state index contributed by atoms with van der Waals surface area (Å²) in [6.45, 7) is 7.26. The fourth-order valence-electron chi connectivity index (χ4n) is 1.95. The van der Waals surface area contributed by atoms with Crippen LogP contribution in [0.1, 0.15) is 32.3 Å². The van der Waals surface area contributed by atoms with Crippen LogP contribution in [0.4, 0.5) is 5.69 Å². The molecule has 1 aliphatic rings. The predicted octanol–water partition coefficient (Wildman–Crippen LogP) is 2.55. The van der Waals surface area contributed by atoms with Gasteiger partial charge in [0.2, 0.25) is 0 Å². The second-order valence-electron chi connectivity index (χ2n) is 3.96. The van der Waals surface area contributed by atoms with E-state index in [4.69, 9.17) is 16.8 Å². The van der Waals surface area contributed by atoms with Gasteiger partial charge in [-0.25, -0.2) is 5.21 Å². The van der Waals surface area contributed by atoms with E-state index in [0.29, 0.717) is 0 Å². The maximum Gasteiger partial charge on any atom is 0.163 e. The van der Waals surface area contributed by atoms with Crippen LogP contribution in [0.15, 0.2) is 18.2 Å². The van der Waals surface area contributed by atoms with Crippen molar-refractivity contribution in [1.82, 2.24) is 4.90 Å². The summed E-state index contributed by atoms with van der Waals surface area (Å²) in [7, 11) is 0. The molecule has 2 rings (SSSR count). The Balaban J connectivity index is 0.000000686. The third-order valence-electron chi connectivity index (χ3n) is 2.82. The van der Waals surface area contributed by atoms with Gasteiger partial charge < -0.3 is 0 Å². The van der Waals surface area contributed by atoms with Crippen LogP contribution < -0.4 is 5.48 Å². The molecule has 1 aromatic carbocycles. The van der Waals surface area contributed by atoms with Gasteiger partial charge in [0.15, 0.2) is 5.69 Å². The first kappa shape index (κ1) is 14.5. The quantitative estimate of drug-likeness (QED) is 0.645. The van der Waals surface area contributed by atoms with Gasteiger partial charge in [0.05, 0.1) is 5.02 Å². The summed E-state index contributed by atoms with van der Waals surface area (Å²) in [6, 6.07) is 5.67. The van der Waals surface area contributed by atoms with E-state index in [0.717, 1.165) is 28.3 Å². The molecule has 0 bridgehead atoms. The van der Waals surface area contributed by atoms with Crippen molar-refractivity contribution in [3.63, 3.8) is 0 Å². The Hall–Kier alpha value is -0.610. The Morgan fingerprint density at radius 3 is 2.47 bits per heavy atom. The zero-order valence-corrected chi connectivity index (χ0v) is 11.4. The first-order chi connectivity index (χ1) is 8.29. The molecular formula is C13H22ClN2O+. The van der Waals surface area contributed by atoms with Crippen molar-refractivity contribution >= 4 is 17.3 Å². The van der Waals surface area contributed by atoms with E-state index in [-0.39, 0.29) is 0 Å². The first-order valence-electron chi connectivity index (χ1n) is 6.28. The molecule has 0 aromatic heterocycles. The van der Waals surface area contributed by atoms with Crippen molar-refractivity contribution in [3.05, 3.63) is 28.8 Å². The van der Waals surface area contributed by atoms with E-state index in [1.54, 1.807) is 6.07 Å². The molecule has 0 saturated carbocycles. The summed E-state index contributed by atoms with van der Waals surface area (Å²) in [5.74, 6) is 0. The molecule has 0 spiro atoms. The normalized spacial score (nSPS) is 15.5. The predicted molar refractivity (Wildman–Crippen MR) is 70.7 cm³/mol. The number of hydrogen-bond acceptors (Lipinski definition) is 2. The summed E-state index contributed by atoms with van der Waals surface area (Å²) in [5, 5.41) is 9.58. The van der Waals surface area contributed by atoms with Gasteiger partial charge in [0, 0.05) is 18.7 Å². The molecule has 96 valence electrons. The summed E-state index contributed by atoms with van der Waals surface area (Å²) in [4.78, 5) is 2.41. The van der Waals surface area contributed by atoms with Crippen molar-refractivity contribution in [2.75, 3.05) is 13.1 Å². The number of benzene rings is 1. The van der Waals surface area contributed by atoms with Crippen LogP contribution >= 0.6 is 11.6 Å². The number of nitrogens with zero attached hydrogens (tertiary/aromatic N) is 1. The molecule has 1 fully saturated rings. The number of halogens is 1. The number of hydrogen-bond donors (Lipinski definition) is 2. The minimum Gasteiger partial charge on any atom is -0.299 e. The fraction of sp³-hybridized carbons (Fsp3) is 0.538. The highest BCUT2D eigenvalue weighted by Gasteiger charge is 2.13. The minimum absolute atomic E-state index is 0.740. The monoisotopic (exact) mass is 257 g/mol. The molecule has 1 heterocycles. The lowest BCUT2D eigenvalue weighted by atomic mass is 10.2. The molecule has 4 heteroatoms. The summed E-state index contributed by atoms with van der Waals surface area (Å²) < 4.78 is 0. The highest BCUT2D eigenvalue weighted by atomic mass is 35.5. The van der Waals surface area contributed by atoms with Crippen molar-refractivity contribution in [2.45, 2.75) is 33.2 Å². The van der Waals surface area contributed by atoms with Crippen LogP contribution in [0.2, 0.25) is 5.02 Å². The SMILES string of the molecule is CC.O[NH2+]c1ccc(CN2CCCC2)c(Cl)c1. The van der Waals surface area contributed by atoms with Gasteiger partial charge in [-0.15, -0.1) is 0 Å². The van der Waals surface area contributed by atoms with Gasteiger partial charge in [-0.1, -0.05) is 31.5 Å². The van der Waals surface area contributed by atoms with Gasteiger partial charge in [0.1, 0.15) is 0 Å². The average molecular weight is 258 g/mol. The van der Waals surface area contributed by atoms with Gasteiger partial charge in [0.25, 0.3) is 0 Å². The van der Waals surface area contributed by atoms with Crippen molar-refractivity contribution in [2.24, 2.45) is 0 Å². The van der Waals surface area contributed by atoms with E-state index in [1.165, 1.54) is 25.9 Å². The van der Waals surface area contributed by atoms with Crippen molar-refractivity contribution in [3.8, 4) is 0 Å². The summed E-state index contributed by atoms with van der Waals surface area (Å²) in [5.41, 5.74) is 2.97. The van der Waals surface area contributed by atoms with E-state index < -0.39 is 0 Å². The van der Waals surface area contributed by atoms with Crippen LogP contribution in [0.25, 0.3) is 0 Å². The molecule has 0 unspecified atom stereocenters. The molecule has 1 aliphatic heterocycles. The Kier molecular flexibility index (Phi) is 6.52. The number of quaternary nitrogens is 1. The third kappa shape index (κ3) is 4.28. The van der Waals surface area contributed by atoms with E-state index in [1.807, 2.05) is 26.0 Å². The number of nitrogens with two attached hydrogens (primary N) is 1. The van der Waals surface area contributed by atoms with Crippen LogP contribution in [-0.2, 0) is 6.54 Å². The van der Waals surface area contributed by atoms with E-state index >= 15 is 0 Å². The smallest absolute Gasteiger partial charge is 0.163 e. The zero-order chi connectivity index (χ0) is 12.7. The topological polar surface area (TPSA) is 40.1 Å². The van der Waals surface area contributed by atoms with Crippen LogP contribution in [0.3, 0.4) is 0 Å². The molecule has 3 nitrogen and oxygen atoms in total. The molecule has 17 heavy (non-hydrogen) atoms. The van der Waals surface area contributed by atoms with Crippen molar-refractivity contribution in [1.29, 1.82) is 0 Å². The molecule has 1 saturated heterocycles. The van der Waals surface area contributed by atoms with Gasteiger partial charge in [-0.3, -0.25) is 4.90 Å². The lowest BCUT2D eigenvalue weighted by molar-refractivity contribution is -0.825. The zero-order valence-electron chi connectivity index (χ0n) is 10.6. The average Bonchev–Trinajstić information content (AvgIpc) is 2.87. The Labute approximate surface area is 108 Å². The molecule has 0 radical (unpaired) electrons. The third-order valence-corrected chi connectivity index (χ3v) is 3.17. The highest BCUT2D eigenvalue weighted by molar-refractivity contribution is 6.31. The van der Waals surface area contributed by atoms with E-state index in [2.05, 4.69) is 4.90 Å². The molecule has 1 aromatic rings. The van der Waals surface area contributed by atoms with Gasteiger partial charge in [-0.05, 0) is 31.5 Å². The first-order valence-corrected chi connectivity index (χ1v) is 6.65. The van der Waals surface area contributed by atoms with Crippen LogP contribution in [-0.4, -0.2) is 23.2 Å². The molecule has 0 atom stereocenters. The Morgan fingerprint density at radius 1 is 1.29 bits per heavy atom. The van der Waals surface area contributed by atoms with Crippen LogP contribution in [0.5, 0.6) is 0 Å². The summed E-state index contributed by atoms with van der Waals surface area (Å²) in [6.07, 6.45) is 2.58. The molecule has 3 N–H and O–H groups in total. The Morgan fingerprint density at radius 2 is 1.94 bits per heavy atom. The second-order valence-corrected chi connectivity index (χ2v) is 4.37. The summed E-state index contributed by atoms with van der Waals surface area (Å²) >= 11 is 6.13. The molecular weight excluding hydrogens is 236 g/mol. The molecule has 0 amide bonds. The van der Waals surface area contributed by atoms with E-state index in [9.17, 15) is 0 Å². The largest absolute Gasteiger partial charge is 0.299 e. The van der Waals surface area contributed by atoms with Gasteiger partial charge in [-0.2, -0.15) is 5.48 Å². The number of likely N-dealkylation sites (tertiary alicyclic amines) is 1. The standard InChI is InChI=1S/C11H15ClN2O.C2H6/c12-11-7-10(13-15)4-3-9(11)8-14-5-1-2-6-14;1-2/h3-4,7,13,15H,1-2,5-6,8H2;1-2H3/p+1. The maximum atomic E-state index is 8.84. The number of rotatable bonds is 3. The second kappa shape index (κ2) is 7.67. The highest BCUT2D eigenvalue weighted by Crippen LogP contribution is 2.21. The lowest BCUT2D eigenvalue weighted by Crippen LogP contribution is -2.73. The minimum atomic E-state index is 0.740. The molecule has 0 aliphatic carbocycles. The van der Waals surface area contributed by atoms with Gasteiger partial charge >= 0.3 is 0 Å². The van der Waals surface area contributed by atoms with Crippen LogP contribution in [0, 0.1) is 0 Å². The lowest BCUT2D eigenvalue weighted by Gasteiger charge is -2.15. The maximum absolute atomic E-state index is 8.84.